The molecule has 0 N–H and O–H groups in total. The first-order valence-corrected chi connectivity index (χ1v) is 11.1. The lowest BCUT2D eigenvalue weighted by Crippen LogP contribution is -2.42. The van der Waals surface area contributed by atoms with Crippen molar-refractivity contribution >= 4 is 49.8 Å². The summed E-state index contributed by atoms with van der Waals surface area (Å²) in [4.78, 5) is 0. The summed E-state index contributed by atoms with van der Waals surface area (Å²) in [7, 11) is -2.31. The maximum absolute atomic E-state index is 5.96. The van der Waals surface area contributed by atoms with E-state index in [9.17, 15) is 0 Å². The van der Waals surface area contributed by atoms with Crippen molar-refractivity contribution in [2.45, 2.75) is 38.1 Å². The van der Waals surface area contributed by atoms with Gasteiger partial charge in [-0.1, -0.05) is 19.3 Å². The largest absolute Gasteiger partial charge is 0.314 e. The van der Waals surface area contributed by atoms with Crippen molar-refractivity contribution in [3.05, 3.63) is 0 Å². The predicted molar refractivity (Wildman–Crippen MR) is 62.0 cm³/mol. The highest BCUT2D eigenvalue weighted by Crippen LogP contribution is 2.24. The molecule has 0 radical (unpaired) electrons. The van der Waals surface area contributed by atoms with Gasteiger partial charge in [0.15, 0.2) is 8.99 Å². The molecule has 0 atom stereocenters. The maximum atomic E-state index is 5.96. The molecule has 0 aromatic carbocycles. The van der Waals surface area contributed by atoms with Gasteiger partial charge >= 0.3 is 7.58 Å². The van der Waals surface area contributed by atoms with Gasteiger partial charge in [-0.15, -0.1) is 22.2 Å². The van der Waals surface area contributed by atoms with Crippen LogP contribution in [-0.2, 0) is 0 Å². The van der Waals surface area contributed by atoms with Gasteiger partial charge in [0.25, 0.3) is 0 Å². The van der Waals surface area contributed by atoms with E-state index in [4.69, 9.17) is 33.2 Å². The maximum Gasteiger partial charge on any atom is 0.303 e. The van der Waals surface area contributed by atoms with E-state index < -0.39 is 16.6 Å². The SMILES string of the molecule is Cl[SiH2]N(C1CCCCC1)[SiH](Cl)Cl. The molecule has 1 aliphatic rings. The zero-order valence-electron chi connectivity index (χ0n) is 6.98. The summed E-state index contributed by atoms with van der Waals surface area (Å²) in [6.45, 7) is 0. The Balaban J connectivity index is 2.40. The third-order valence-corrected chi connectivity index (χ3v) is 10.2. The van der Waals surface area contributed by atoms with E-state index in [1.54, 1.807) is 0 Å². The summed E-state index contributed by atoms with van der Waals surface area (Å²) in [5.74, 6) is 0. The van der Waals surface area contributed by atoms with Crippen LogP contribution in [0.25, 0.3) is 0 Å². The lowest BCUT2D eigenvalue weighted by atomic mass is 9.96. The molecule has 1 nitrogen and oxygen atoms in total. The van der Waals surface area contributed by atoms with E-state index in [0.717, 1.165) is 0 Å². The van der Waals surface area contributed by atoms with Crippen LogP contribution in [0.1, 0.15) is 32.1 Å². The van der Waals surface area contributed by atoms with Gasteiger partial charge in [-0.25, -0.2) is 0 Å². The summed E-state index contributed by atoms with van der Waals surface area (Å²) in [5.41, 5.74) is 0. The molecular weight excluding hydrogens is 249 g/mol. The number of hydrogen-bond donors (Lipinski definition) is 0. The van der Waals surface area contributed by atoms with E-state index in [2.05, 4.69) is 4.23 Å². The zero-order chi connectivity index (χ0) is 8.97. The van der Waals surface area contributed by atoms with Crippen LogP contribution in [0.2, 0.25) is 0 Å². The first kappa shape index (κ1) is 11.3. The Morgan fingerprint density at radius 1 is 1.17 bits per heavy atom. The summed E-state index contributed by atoms with van der Waals surface area (Å²) in [5, 5.41) is 0. The molecule has 0 saturated heterocycles. The highest BCUT2D eigenvalue weighted by molar-refractivity contribution is 7.34. The fourth-order valence-corrected chi connectivity index (χ4v) is 8.61. The van der Waals surface area contributed by atoms with Crippen molar-refractivity contribution < 1.29 is 0 Å². The van der Waals surface area contributed by atoms with Crippen LogP contribution < -0.4 is 0 Å². The highest BCUT2D eigenvalue weighted by Gasteiger charge is 2.25. The standard InChI is InChI=1S/C6H14Cl3NSi2/c7-11-10(12(8)9)6-4-2-1-3-5-6/h6,12H,1-5,11H2. The van der Waals surface area contributed by atoms with E-state index >= 15 is 0 Å². The summed E-state index contributed by atoms with van der Waals surface area (Å²) in [6, 6.07) is 0.620. The van der Waals surface area contributed by atoms with Crippen LogP contribution in [0.4, 0.5) is 0 Å². The topological polar surface area (TPSA) is 3.24 Å². The predicted octanol–water partition coefficient (Wildman–Crippen LogP) is 2.05. The molecule has 0 spiro atoms. The van der Waals surface area contributed by atoms with Gasteiger partial charge in [0.05, 0.1) is 0 Å². The minimum Gasteiger partial charge on any atom is -0.314 e. The van der Waals surface area contributed by atoms with Gasteiger partial charge in [0.1, 0.15) is 0 Å². The second-order valence-corrected chi connectivity index (χ2v) is 9.99. The van der Waals surface area contributed by atoms with E-state index in [0.29, 0.717) is 6.04 Å². The van der Waals surface area contributed by atoms with Gasteiger partial charge in [0.2, 0.25) is 0 Å². The minimum absolute atomic E-state index is 0.620. The quantitative estimate of drug-likeness (QED) is 0.556. The molecule has 0 bridgehead atoms. The summed E-state index contributed by atoms with van der Waals surface area (Å²) in [6.07, 6.45) is 6.51. The Morgan fingerprint density at radius 3 is 2.17 bits per heavy atom. The average Bonchev–Trinajstić information content (AvgIpc) is 2.07. The number of halogens is 3. The Bertz CT molecular complexity index is 130. The minimum atomic E-state index is -1.65. The lowest BCUT2D eigenvalue weighted by Gasteiger charge is -2.33. The van der Waals surface area contributed by atoms with Crippen molar-refractivity contribution in [1.29, 1.82) is 0 Å². The molecule has 1 rings (SSSR count). The molecule has 0 aliphatic heterocycles. The molecular formula is C6H14Cl3NSi2. The Kier molecular flexibility index (Phi) is 5.56. The van der Waals surface area contributed by atoms with Gasteiger partial charge in [-0.2, -0.15) is 11.1 Å². The van der Waals surface area contributed by atoms with Crippen molar-refractivity contribution in [1.82, 2.24) is 4.23 Å². The average molecular weight is 263 g/mol. The van der Waals surface area contributed by atoms with Crippen molar-refractivity contribution in [2.24, 2.45) is 0 Å². The van der Waals surface area contributed by atoms with E-state index in [1.807, 2.05) is 0 Å². The van der Waals surface area contributed by atoms with Gasteiger partial charge in [-0.3, -0.25) is 0 Å². The van der Waals surface area contributed by atoms with Crippen LogP contribution in [0, 0.1) is 0 Å². The van der Waals surface area contributed by atoms with Crippen LogP contribution in [0.15, 0.2) is 0 Å². The molecule has 12 heavy (non-hydrogen) atoms. The number of rotatable bonds is 3. The molecule has 0 aromatic heterocycles. The molecule has 1 fully saturated rings. The Labute approximate surface area is 92.1 Å². The van der Waals surface area contributed by atoms with Gasteiger partial charge in [0, 0.05) is 0 Å². The van der Waals surface area contributed by atoms with Gasteiger partial charge in [-0.05, 0) is 18.9 Å². The number of nitrogens with zero attached hydrogens (tertiary/aromatic N) is 1. The first-order valence-electron chi connectivity index (χ1n) is 4.35. The molecule has 6 heteroatoms. The molecule has 72 valence electrons. The second kappa shape index (κ2) is 5.88. The van der Waals surface area contributed by atoms with Crippen LogP contribution in [0.3, 0.4) is 0 Å². The van der Waals surface area contributed by atoms with Crippen LogP contribution in [-0.4, -0.2) is 26.8 Å². The molecule has 0 aromatic rings. The fraction of sp³-hybridized carbons (Fsp3) is 1.00. The highest BCUT2D eigenvalue weighted by atomic mass is 35.7. The Morgan fingerprint density at radius 2 is 1.75 bits per heavy atom. The third kappa shape index (κ3) is 3.20. The number of hydrogen-bond acceptors (Lipinski definition) is 1. The normalized spacial score (nSPS) is 21.8. The van der Waals surface area contributed by atoms with Gasteiger partial charge < -0.3 is 4.23 Å². The lowest BCUT2D eigenvalue weighted by molar-refractivity contribution is 0.345. The van der Waals surface area contributed by atoms with E-state index in [-0.39, 0.29) is 0 Å². The van der Waals surface area contributed by atoms with Crippen LogP contribution >= 0.6 is 33.2 Å². The molecule has 0 heterocycles. The van der Waals surface area contributed by atoms with Crippen molar-refractivity contribution in [3.8, 4) is 0 Å². The molecule has 0 amide bonds. The fourth-order valence-electron chi connectivity index (χ4n) is 1.72. The summed E-state index contributed by atoms with van der Waals surface area (Å²) < 4.78 is 2.23. The van der Waals surface area contributed by atoms with Crippen LogP contribution in [0.5, 0.6) is 0 Å². The smallest absolute Gasteiger partial charge is 0.303 e. The zero-order valence-corrected chi connectivity index (χ0v) is 11.8. The second-order valence-electron chi connectivity index (χ2n) is 3.20. The monoisotopic (exact) mass is 261 g/mol. The Hall–Kier alpha value is 1.26. The molecule has 1 aliphatic carbocycles. The van der Waals surface area contributed by atoms with Crippen molar-refractivity contribution in [2.75, 3.05) is 0 Å². The first-order chi connectivity index (χ1) is 5.75. The third-order valence-electron chi connectivity index (χ3n) is 2.43. The molecule has 0 unspecified atom stereocenters. The van der Waals surface area contributed by atoms with Crippen molar-refractivity contribution in [3.63, 3.8) is 0 Å². The molecule has 1 saturated carbocycles. The summed E-state index contributed by atoms with van der Waals surface area (Å²) >= 11 is 17.8. The van der Waals surface area contributed by atoms with E-state index in [1.165, 1.54) is 32.1 Å².